The van der Waals surface area contributed by atoms with Gasteiger partial charge in [0.15, 0.2) is 0 Å². The fourth-order valence-electron chi connectivity index (χ4n) is 6.72. The first-order chi connectivity index (χ1) is 19.7. The second-order valence-corrected chi connectivity index (χ2v) is 10.8. The van der Waals surface area contributed by atoms with Crippen molar-refractivity contribution in [3.05, 3.63) is 133 Å². The van der Waals surface area contributed by atoms with Gasteiger partial charge in [-0.25, -0.2) is 0 Å². The predicted molar refractivity (Wildman–Crippen MR) is 166 cm³/mol. The summed E-state index contributed by atoms with van der Waals surface area (Å²) in [4.78, 5) is 8.81. The molecule has 4 aromatic heterocycles. The number of benzene rings is 3. The summed E-state index contributed by atoms with van der Waals surface area (Å²) in [5.41, 5.74) is 11.4. The molecule has 0 amide bonds. The molecule has 1 aliphatic carbocycles. The molecule has 0 saturated carbocycles. The molecule has 0 fully saturated rings. The molecule has 1 unspecified atom stereocenters. The molecule has 7 aromatic rings. The van der Waals surface area contributed by atoms with Crippen LogP contribution >= 0.6 is 0 Å². The van der Waals surface area contributed by atoms with Crippen LogP contribution in [0.2, 0.25) is 0 Å². The van der Waals surface area contributed by atoms with E-state index in [1.54, 1.807) is 0 Å². The highest BCUT2D eigenvalue weighted by Crippen LogP contribution is 2.39. The Bertz CT molecular complexity index is 2070. The number of para-hydroxylation sites is 2. The molecule has 4 nitrogen and oxygen atoms in total. The van der Waals surface area contributed by atoms with Crippen molar-refractivity contribution in [1.29, 1.82) is 0 Å². The molecule has 3 aromatic carbocycles. The van der Waals surface area contributed by atoms with E-state index in [0.717, 1.165) is 6.42 Å². The fourth-order valence-corrected chi connectivity index (χ4v) is 6.72. The third kappa shape index (κ3) is 3.32. The van der Waals surface area contributed by atoms with Crippen LogP contribution in [0.1, 0.15) is 30.5 Å². The van der Waals surface area contributed by atoms with Crippen LogP contribution in [-0.4, -0.2) is 19.1 Å². The van der Waals surface area contributed by atoms with E-state index in [-0.39, 0.29) is 6.04 Å². The second kappa shape index (κ2) is 8.78. The maximum absolute atomic E-state index is 4.41. The number of rotatable bonds is 3. The minimum Gasteiger partial charge on any atom is -0.333 e. The quantitative estimate of drug-likeness (QED) is 0.235. The van der Waals surface area contributed by atoms with E-state index in [1.807, 2.05) is 24.8 Å². The van der Waals surface area contributed by atoms with Crippen molar-refractivity contribution in [3.63, 3.8) is 0 Å². The lowest BCUT2D eigenvalue weighted by molar-refractivity contribution is 0.631. The van der Waals surface area contributed by atoms with Gasteiger partial charge in [-0.05, 0) is 73.4 Å². The average molecular weight is 517 g/mol. The van der Waals surface area contributed by atoms with Crippen LogP contribution in [0.4, 0.5) is 0 Å². The van der Waals surface area contributed by atoms with Crippen molar-refractivity contribution < 1.29 is 0 Å². The van der Waals surface area contributed by atoms with Gasteiger partial charge in [-0.3, -0.25) is 9.97 Å². The third-order valence-electron chi connectivity index (χ3n) is 8.54. The van der Waals surface area contributed by atoms with Crippen molar-refractivity contribution in [2.45, 2.75) is 26.3 Å². The molecule has 192 valence electrons. The minimum atomic E-state index is 0.263. The molecule has 0 bridgehead atoms. The van der Waals surface area contributed by atoms with Crippen molar-refractivity contribution in [3.8, 4) is 5.69 Å². The topological polar surface area (TPSA) is 35.6 Å². The molecule has 0 saturated heterocycles. The van der Waals surface area contributed by atoms with E-state index in [2.05, 4.69) is 124 Å². The molecular formula is C36H28N4. The Morgan fingerprint density at radius 1 is 0.675 bits per heavy atom. The van der Waals surface area contributed by atoms with Crippen molar-refractivity contribution in [2.75, 3.05) is 0 Å². The summed E-state index contributed by atoms with van der Waals surface area (Å²) in [5.74, 6) is 0. The summed E-state index contributed by atoms with van der Waals surface area (Å²) in [6, 6.07) is 28.7. The summed E-state index contributed by atoms with van der Waals surface area (Å²) in [6.45, 7) is 4.52. The Balaban J connectivity index is 1.19. The number of nitrogens with zero attached hydrogens (tertiary/aromatic N) is 4. The average Bonchev–Trinajstić information content (AvgIpc) is 3.51. The Hall–Kier alpha value is -4.96. The van der Waals surface area contributed by atoms with Gasteiger partial charge in [0, 0.05) is 57.5 Å². The second-order valence-electron chi connectivity index (χ2n) is 10.8. The van der Waals surface area contributed by atoms with Crippen LogP contribution in [0.25, 0.3) is 54.9 Å². The Kier molecular flexibility index (Phi) is 5.05. The normalized spacial score (nSPS) is 15.7. The van der Waals surface area contributed by atoms with E-state index in [0.29, 0.717) is 0 Å². The standard InChI is InChI=1S/C36H28N4/c1-23-19-25(39-33-9-5-3-7-29(33)31-21-37-17-15-35(31)39)11-13-27(23)28-14-12-26(20-24(28)2)40-34-10-6-4-8-30(34)32-22-38-18-16-36(32)40/h3-19,21-22,26H,20H2,1-2H3. The van der Waals surface area contributed by atoms with Gasteiger partial charge in [-0.15, -0.1) is 0 Å². The van der Waals surface area contributed by atoms with Crippen LogP contribution in [0, 0.1) is 6.92 Å². The zero-order chi connectivity index (χ0) is 26.8. The van der Waals surface area contributed by atoms with Gasteiger partial charge >= 0.3 is 0 Å². The zero-order valence-corrected chi connectivity index (χ0v) is 22.5. The summed E-state index contributed by atoms with van der Waals surface area (Å²) in [5, 5.41) is 4.89. The maximum atomic E-state index is 4.41. The van der Waals surface area contributed by atoms with E-state index >= 15 is 0 Å². The van der Waals surface area contributed by atoms with Crippen molar-refractivity contribution in [2.24, 2.45) is 0 Å². The highest BCUT2D eigenvalue weighted by Gasteiger charge is 2.22. The largest absolute Gasteiger partial charge is 0.333 e. The number of hydrogen-bond acceptors (Lipinski definition) is 2. The molecular weight excluding hydrogens is 488 g/mol. The minimum absolute atomic E-state index is 0.263. The molecule has 0 aliphatic heterocycles. The molecule has 40 heavy (non-hydrogen) atoms. The summed E-state index contributed by atoms with van der Waals surface area (Å²) in [7, 11) is 0. The van der Waals surface area contributed by atoms with Crippen LogP contribution < -0.4 is 0 Å². The van der Waals surface area contributed by atoms with Crippen LogP contribution in [0.15, 0.2) is 121 Å². The molecule has 1 atom stereocenters. The first-order valence-electron chi connectivity index (χ1n) is 13.8. The number of allylic oxidation sites excluding steroid dienone is 4. The van der Waals surface area contributed by atoms with Gasteiger partial charge in [0.2, 0.25) is 0 Å². The Morgan fingerprint density at radius 2 is 1.30 bits per heavy atom. The van der Waals surface area contributed by atoms with Gasteiger partial charge in [0.25, 0.3) is 0 Å². The Morgan fingerprint density at radius 3 is 2.05 bits per heavy atom. The van der Waals surface area contributed by atoms with E-state index in [4.69, 9.17) is 0 Å². The maximum Gasteiger partial charge on any atom is 0.0571 e. The molecule has 4 heteroatoms. The first kappa shape index (κ1) is 23.0. The van der Waals surface area contributed by atoms with Crippen LogP contribution in [0.5, 0.6) is 0 Å². The van der Waals surface area contributed by atoms with Gasteiger partial charge in [0.05, 0.1) is 22.6 Å². The lowest BCUT2D eigenvalue weighted by Gasteiger charge is -2.25. The van der Waals surface area contributed by atoms with E-state index in [9.17, 15) is 0 Å². The molecule has 1 aliphatic rings. The summed E-state index contributed by atoms with van der Waals surface area (Å²) < 4.78 is 4.84. The van der Waals surface area contributed by atoms with Crippen LogP contribution in [-0.2, 0) is 0 Å². The van der Waals surface area contributed by atoms with Crippen LogP contribution in [0.3, 0.4) is 0 Å². The molecule has 0 radical (unpaired) electrons. The van der Waals surface area contributed by atoms with E-state index < -0.39 is 0 Å². The molecule has 4 heterocycles. The van der Waals surface area contributed by atoms with Crippen molar-refractivity contribution in [1.82, 2.24) is 19.1 Å². The fraction of sp³-hybridized carbons (Fsp3) is 0.111. The molecule has 0 N–H and O–H groups in total. The molecule has 0 spiro atoms. The highest BCUT2D eigenvalue weighted by atomic mass is 15.0. The number of pyridine rings is 2. The van der Waals surface area contributed by atoms with Crippen molar-refractivity contribution >= 4 is 49.2 Å². The first-order valence-corrected chi connectivity index (χ1v) is 13.8. The lowest BCUT2D eigenvalue weighted by atomic mass is 9.88. The SMILES string of the molecule is CC1=C(c2ccc(-n3c4ccccc4c4cnccc43)cc2C)C=CC(n2c3ccccc3c3cnccc32)C1. The summed E-state index contributed by atoms with van der Waals surface area (Å²) in [6.07, 6.45) is 13.4. The van der Waals surface area contributed by atoms with Gasteiger partial charge in [-0.2, -0.15) is 0 Å². The number of aryl methyl sites for hydroxylation is 1. The number of hydrogen-bond donors (Lipinski definition) is 0. The highest BCUT2D eigenvalue weighted by molar-refractivity contribution is 6.09. The molecule has 8 rings (SSSR count). The predicted octanol–water partition coefficient (Wildman–Crippen LogP) is 8.96. The lowest BCUT2D eigenvalue weighted by Crippen LogP contribution is -2.10. The van der Waals surface area contributed by atoms with E-state index in [1.165, 1.54) is 71.6 Å². The van der Waals surface area contributed by atoms with Gasteiger partial charge < -0.3 is 9.13 Å². The van der Waals surface area contributed by atoms with Gasteiger partial charge in [-0.1, -0.05) is 60.2 Å². The number of fused-ring (bicyclic) bond motifs is 6. The Labute approximate surface area is 232 Å². The monoisotopic (exact) mass is 516 g/mol. The summed E-state index contributed by atoms with van der Waals surface area (Å²) >= 11 is 0. The third-order valence-corrected chi connectivity index (χ3v) is 8.54. The van der Waals surface area contributed by atoms with Gasteiger partial charge in [0.1, 0.15) is 0 Å². The smallest absolute Gasteiger partial charge is 0.0571 e. The zero-order valence-electron chi connectivity index (χ0n) is 22.5. The number of aromatic nitrogens is 4.